The van der Waals surface area contributed by atoms with E-state index < -0.39 is 0 Å². The fraction of sp³-hybridized carbons (Fsp3) is 0.462. The van der Waals surface area contributed by atoms with Crippen molar-refractivity contribution in [2.45, 2.75) is 38.5 Å². The summed E-state index contributed by atoms with van der Waals surface area (Å²) in [4.78, 5) is 0. The summed E-state index contributed by atoms with van der Waals surface area (Å²) in [6.07, 6.45) is 23.0. The Balaban J connectivity index is 2.28. The second-order valence-electron chi connectivity index (χ2n) is 3.36. The van der Waals surface area contributed by atoms with E-state index in [4.69, 9.17) is 0 Å². The maximum Gasteiger partial charge on any atom is -0.0313 e. The molecule has 0 aromatic carbocycles. The first-order valence-electron chi connectivity index (χ1n) is 5.28. The summed E-state index contributed by atoms with van der Waals surface area (Å²) in [6, 6.07) is 0. The minimum Gasteiger partial charge on any atom is -0.0885 e. The molecule has 0 aromatic rings. The standard InChI is InChI=1S/C13H19/c1-2-4-6-8-10-12-13-11-9-7-5-3-1/h1-4,7,10,12H,5-6,8-9,11,13H2/b3-1-,4-2+,12-10+. The van der Waals surface area contributed by atoms with Crippen LogP contribution in [0.15, 0.2) is 36.5 Å². The van der Waals surface area contributed by atoms with Gasteiger partial charge in [0, 0.05) is 0 Å². The zero-order valence-electron chi connectivity index (χ0n) is 8.28. The average molecular weight is 175 g/mol. The van der Waals surface area contributed by atoms with Crippen molar-refractivity contribution in [1.82, 2.24) is 0 Å². The second kappa shape index (κ2) is 7.85. The van der Waals surface area contributed by atoms with Gasteiger partial charge in [-0.3, -0.25) is 0 Å². The molecule has 1 aliphatic rings. The monoisotopic (exact) mass is 175 g/mol. The summed E-state index contributed by atoms with van der Waals surface area (Å²) >= 11 is 0. The van der Waals surface area contributed by atoms with Crippen LogP contribution in [-0.2, 0) is 0 Å². The highest BCUT2D eigenvalue weighted by atomic mass is 13.9. The quantitative estimate of drug-likeness (QED) is 0.484. The summed E-state index contributed by atoms with van der Waals surface area (Å²) in [7, 11) is 0. The van der Waals surface area contributed by atoms with Crippen LogP contribution >= 0.6 is 0 Å². The van der Waals surface area contributed by atoms with Gasteiger partial charge in [0.1, 0.15) is 0 Å². The predicted molar refractivity (Wildman–Crippen MR) is 59.4 cm³/mol. The Hall–Kier alpha value is -0.780. The molecule has 0 aromatic heterocycles. The van der Waals surface area contributed by atoms with Gasteiger partial charge in [0.05, 0.1) is 0 Å². The molecule has 0 N–H and O–H groups in total. The summed E-state index contributed by atoms with van der Waals surface area (Å²) in [5.41, 5.74) is 0. The van der Waals surface area contributed by atoms with Crippen LogP contribution in [0.5, 0.6) is 0 Å². The van der Waals surface area contributed by atoms with E-state index in [1.165, 1.54) is 32.1 Å². The van der Waals surface area contributed by atoms with Crippen LogP contribution in [-0.4, -0.2) is 0 Å². The third kappa shape index (κ3) is 6.39. The molecule has 0 atom stereocenters. The maximum absolute atomic E-state index is 2.36. The lowest BCUT2D eigenvalue weighted by atomic mass is 10.1. The summed E-state index contributed by atoms with van der Waals surface area (Å²) < 4.78 is 0. The Morgan fingerprint density at radius 3 is 2.38 bits per heavy atom. The molecule has 0 unspecified atom stereocenters. The SMILES string of the molecule is [CH]1C/C=C\C=C\CC/C=C/CCC1. The first kappa shape index (κ1) is 10.3. The van der Waals surface area contributed by atoms with Crippen molar-refractivity contribution >= 4 is 0 Å². The highest BCUT2D eigenvalue weighted by molar-refractivity contribution is 5.04. The highest BCUT2D eigenvalue weighted by Gasteiger charge is 1.86. The van der Waals surface area contributed by atoms with Crippen molar-refractivity contribution in [1.29, 1.82) is 0 Å². The van der Waals surface area contributed by atoms with Gasteiger partial charge < -0.3 is 0 Å². The largest absolute Gasteiger partial charge is 0.0885 e. The first-order valence-corrected chi connectivity index (χ1v) is 5.28. The maximum atomic E-state index is 2.36. The van der Waals surface area contributed by atoms with Crippen LogP contribution < -0.4 is 0 Å². The van der Waals surface area contributed by atoms with E-state index in [1.807, 2.05) is 0 Å². The van der Waals surface area contributed by atoms with Crippen molar-refractivity contribution in [3.63, 3.8) is 0 Å². The first-order chi connectivity index (χ1) is 6.50. The Kier molecular flexibility index (Phi) is 6.22. The van der Waals surface area contributed by atoms with Crippen molar-refractivity contribution < 1.29 is 0 Å². The number of hydrogen-bond donors (Lipinski definition) is 0. The Morgan fingerprint density at radius 1 is 0.615 bits per heavy atom. The Bertz CT molecular complexity index is 184. The number of allylic oxidation sites excluding steroid dienone is 6. The van der Waals surface area contributed by atoms with Crippen LogP contribution in [0.2, 0.25) is 0 Å². The average Bonchev–Trinajstić information content (AvgIpc) is 2.18. The van der Waals surface area contributed by atoms with Crippen LogP contribution in [0.1, 0.15) is 38.5 Å². The van der Waals surface area contributed by atoms with Gasteiger partial charge in [0.2, 0.25) is 0 Å². The highest BCUT2D eigenvalue weighted by Crippen LogP contribution is 2.05. The van der Waals surface area contributed by atoms with Gasteiger partial charge in [0.15, 0.2) is 0 Å². The van der Waals surface area contributed by atoms with Crippen LogP contribution in [0.3, 0.4) is 0 Å². The van der Waals surface area contributed by atoms with Crippen LogP contribution in [0.4, 0.5) is 0 Å². The van der Waals surface area contributed by atoms with Gasteiger partial charge in [-0.2, -0.15) is 0 Å². The molecule has 0 bridgehead atoms. The van der Waals surface area contributed by atoms with Crippen LogP contribution in [0.25, 0.3) is 0 Å². The second-order valence-corrected chi connectivity index (χ2v) is 3.36. The molecule has 13 heavy (non-hydrogen) atoms. The predicted octanol–water partition coefficient (Wildman–Crippen LogP) is 4.21. The zero-order chi connectivity index (χ0) is 9.19. The third-order valence-corrected chi connectivity index (χ3v) is 2.13. The zero-order valence-corrected chi connectivity index (χ0v) is 8.28. The fourth-order valence-electron chi connectivity index (χ4n) is 1.35. The molecule has 0 fully saturated rings. The molecule has 0 saturated heterocycles. The minimum atomic E-state index is 1.12. The van der Waals surface area contributed by atoms with Crippen molar-refractivity contribution in [3.8, 4) is 0 Å². The van der Waals surface area contributed by atoms with Gasteiger partial charge in [-0.1, -0.05) is 36.5 Å². The molecule has 0 amide bonds. The topological polar surface area (TPSA) is 0 Å². The lowest BCUT2D eigenvalue weighted by molar-refractivity contribution is 0.808. The lowest BCUT2D eigenvalue weighted by Crippen LogP contribution is -1.75. The van der Waals surface area contributed by atoms with Gasteiger partial charge >= 0.3 is 0 Å². The van der Waals surface area contributed by atoms with Gasteiger partial charge in [-0.05, 0) is 44.9 Å². The molecule has 0 nitrogen and oxygen atoms in total. The van der Waals surface area contributed by atoms with E-state index in [-0.39, 0.29) is 0 Å². The third-order valence-electron chi connectivity index (χ3n) is 2.13. The normalized spacial score (nSPS) is 27.7. The summed E-state index contributed by atoms with van der Waals surface area (Å²) in [5.74, 6) is 0. The van der Waals surface area contributed by atoms with E-state index in [0.717, 1.165) is 6.42 Å². The smallest absolute Gasteiger partial charge is 0.0313 e. The summed E-state index contributed by atoms with van der Waals surface area (Å²) in [6.45, 7) is 0. The molecule has 0 saturated carbocycles. The molecular formula is C13H19. The number of rotatable bonds is 0. The molecule has 0 heterocycles. The Labute approximate surface area is 82.0 Å². The molecule has 0 heteroatoms. The van der Waals surface area contributed by atoms with Gasteiger partial charge in [-0.15, -0.1) is 0 Å². The van der Waals surface area contributed by atoms with E-state index in [0.29, 0.717) is 0 Å². The Morgan fingerprint density at radius 2 is 1.38 bits per heavy atom. The van der Waals surface area contributed by atoms with Crippen molar-refractivity contribution in [2.75, 3.05) is 0 Å². The molecule has 1 rings (SSSR count). The number of hydrogen-bond acceptors (Lipinski definition) is 0. The fourth-order valence-corrected chi connectivity index (χ4v) is 1.35. The van der Waals surface area contributed by atoms with E-state index in [2.05, 4.69) is 42.9 Å². The lowest BCUT2D eigenvalue weighted by Gasteiger charge is -1.93. The van der Waals surface area contributed by atoms with Gasteiger partial charge in [0.25, 0.3) is 0 Å². The van der Waals surface area contributed by atoms with Crippen molar-refractivity contribution in [3.05, 3.63) is 42.9 Å². The van der Waals surface area contributed by atoms with E-state index >= 15 is 0 Å². The molecule has 0 aliphatic heterocycles. The van der Waals surface area contributed by atoms with Crippen molar-refractivity contribution in [2.24, 2.45) is 0 Å². The van der Waals surface area contributed by atoms with Crippen LogP contribution in [0, 0.1) is 6.42 Å². The van der Waals surface area contributed by atoms with E-state index in [1.54, 1.807) is 0 Å². The van der Waals surface area contributed by atoms with E-state index in [9.17, 15) is 0 Å². The van der Waals surface area contributed by atoms with Gasteiger partial charge in [-0.25, -0.2) is 0 Å². The summed E-state index contributed by atoms with van der Waals surface area (Å²) in [5, 5.41) is 0. The molecule has 1 radical (unpaired) electrons. The molecule has 0 spiro atoms. The molecular weight excluding hydrogens is 156 g/mol. The minimum absolute atomic E-state index is 1.12. The molecule has 1 aliphatic carbocycles. The molecule has 71 valence electrons.